The quantitative estimate of drug-likeness (QED) is 0.264. The summed E-state index contributed by atoms with van der Waals surface area (Å²) in [5.41, 5.74) is 0. The van der Waals surface area contributed by atoms with Crippen LogP contribution in [0.5, 0.6) is 0 Å². The summed E-state index contributed by atoms with van der Waals surface area (Å²) in [6, 6.07) is 0. The van der Waals surface area contributed by atoms with Gasteiger partial charge in [0.1, 0.15) is 0 Å². The highest BCUT2D eigenvalue weighted by atomic mass is 32.2. The fourth-order valence-electron chi connectivity index (χ4n) is 3.14. The molecule has 0 aliphatic heterocycles. The predicted molar refractivity (Wildman–Crippen MR) is 102 cm³/mol. The van der Waals surface area contributed by atoms with E-state index in [0.29, 0.717) is 12.8 Å². The number of hydrogen-bond acceptors (Lipinski definition) is 3. The first kappa shape index (κ1) is 23.9. The van der Waals surface area contributed by atoms with Crippen molar-refractivity contribution >= 4 is 10.1 Å². The minimum absolute atomic E-state index is 0.146. The normalized spacial score (nSPS) is 14.7. The molecule has 0 rings (SSSR count). The molecule has 0 radical (unpaired) electrons. The Morgan fingerprint density at radius 3 is 1.54 bits per heavy atom. The van der Waals surface area contributed by atoms with Crippen molar-refractivity contribution < 1.29 is 18.1 Å². The predicted octanol–water partition coefficient (Wildman–Crippen LogP) is 5.50. The van der Waals surface area contributed by atoms with Gasteiger partial charge in [-0.25, -0.2) is 0 Å². The molecule has 0 aromatic heterocycles. The average molecular weight is 365 g/mol. The van der Waals surface area contributed by atoms with Crippen LogP contribution < -0.4 is 0 Å². The van der Waals surface area contributed by atoms with Crippen molar-refractivity contribution in [2.75, 3.05) is 0 Å². The second kappa shape index (κ2) is 15.2. The lowest BCUT2D eigenvalue weighted by Crippen LogP contribution is -2.25. The second-order valence-corrected chi connectivity index (χ2v) is 8.81. The van der Waals surface area contributed by atoms with Crippen LogP contribution in [0.4, 0.5) is 0 Å². The summed E-state index contributed by atoms with van der Waals surface area (Å²) in [6.45, 7) is 3.96. The monoisotopic (exact) mass is 364 g/mol. The Hall–Kier alpha value is -0.130. The van der Waals surface area contributed by atoms with E-state index in [1.165, 1.54) is 64.2 Å². The maximum absolute atomic E-state index is 11.1. The van der Waals surface area contributed by atoms with Crippen molar-refractivity contribution in [1.29, 1.82) is 0 Å². The van der Waals surface area contributed by atoms with Crippen molar-refractivity contribution in [3.63, 3.8) is 0 Å². The van der Waals surface area contributed by atoms with Gasteiger partial charge < -0.3 is 5.11 Å². The molecule has 2 N–H and O–H groups in total. The van der Waals surface area contributed by atoms with Crippen molar-refractivity contribution in [2.45, 2.75) is 122 Å². The highest BCUT2D eigenvalue weighted by Gasteiger charge is 2.23. The second-order valence-electron chi connectivity index (χ2n) is 7.11. The summed E-state index contributed by atoms with van der Waals surface area (Å²) in [5, 5.41) is 9.07. The standard InChI is InChI=1S/C19H40O4S/c1-3-5-6-7-8-9-10-11-12-13-14-15-16-18(20)17-19(4-2)24(21,22)23/h18-20H,3-17H2,1-2H3,(H,21,22,23). The molecule has 4 nitrogen and oxygen atoms in total. The van der Waals surface area contributed by atoms with Crippen molar-refractivity contribution in [1.82, 2.24) is 0 Å². The molecule has 0 aliphatic carbocycles. The molecule has 2 unspecified atom stereocenters. The summed E-state index contributed by atoms with van der Waals surface area (Å²) < 4.78 is 31.3. The van der Waals surface area contributed by atoms with E-state index < -0.39 is 21.5 Å². The Morgan fingerprint density at radius 1 is 0.750 bits per heavy atom. The van der Waals surface area contributed by atoms with Crippen LogP contribution in [0, 0.1) is 0 Å². The molecule has 0 spiro atoms. The number of hydrogen-bond donors (Lipinski definition) is 2. The third kappa shape index (κ3) is 14.2. The zero-order valence-corrected chi connectivity index (χ0v) is 16.7. The van der Waals surface area contributed by atoms with Gasteiger partial charge in [-0.15, -0.1) is 0 Å². The molecule has 0 saturated carbocycles. The third-order valence-electron chi connectivity index (χ3n) is 4.80. The van der Waals surface area contributed by atoms with Crippen LogP contribution >= 0.6 is 0 Å². The van der Waals surface area contributed by atoms with E-state index in [1.807, 2.05) is 0 Å². The lowest BCUT2D eigenvalue weighted by Gasteiger charge is -2.16. The summed E-state index contributed by atoms with van der Waals surface area (Å²) in [5.74, 6) is 0. The van der Waals surface area contributed by atoms with E-state index in [-0.39, 0.29) is 6.42 Å². The molecule has 24 heavy (non-hydrogen) atoms. The first-order valence-electron chi connectivity index (χ1n) is 10.1. The molecule has 0 aliphatic rings. The van der Waals surface area contributed by atoms with Gasteiger partial charge in [0.25, 0.3) is 10.1 Å². The molecule has 0 bridgehead atoms. The Labute approximate surface area is 150 Å². The topological polar surface area (TPSA) is 74.6 Å². The molecule has 0 fully saturated rings. The van der Waals surface area contributed by atoms with Gasteiger partial charge in [0, 0.05) is 0 Å². The molecule has 0 saturated heterocycles. The van der Waals surface area contributed by atoms with Crippen molar-refractivity contribution in [3.05, 3.63) is 0 Å². The maximum Gasteiger partial charge on any atom is 0.267 e. The number of aliphatic hydroxyl groups is 1. The SMILES string of the molecule is CCCCCCCCCCCCCCC(O)CC(CC)S(=O)(=O)O. The molecule has 0 amide bonds. The Balaban J connectivity index is 3.43. The smallest absolute Gasteiger partial charge is 0.267 e. The highest BCUT2D eigenvalue weighted by molar-refractivity contribution is 7.86. The molecule has 0 aromatic carbocycles. The lowest BCUT2D eigenvalue weighted by atomic mass is 10.0. The van der Waals surface area contributed by atoms with Gasteiger partial charge in [-0.1, -0.05) is 90.9 Å². The number of unbranched alkanes of at least 4 members (excludes halogenated alkanes) is 11. The fraction of sp³-hybridized carbons (Fsp3) is 1.00. The number of rotatable bonds is 17. The first-order valence-corrected chi connectivity index (χ1v) is 11.6. The molecule has 0 heterocycles. The molecular formula is C19H40O4S. The molecule has 5 heteroatoms. The van der Waals surface area contributed by atoms with Crippen LogP contribution in [0.25, 0.3) is 0 Å². The van der Waals surface area contributed by atoms with Gasteiger partial charge >= 0.3 is 0 Å². The molecular weight excluding hydrogens is 324 g/mol. The van der Waals surface area contributed by atoms with Crippen LogP contribution in [-0.2, 0) is 10.1 Å². The van der Waals surface area contributed by atoms with Crippen LogP contribution in [0.3, 0.4) is 0 Å². The van der Waals surface area contributed by atoms with Crippen LogP contribution in [0.15, 0.2) is 0 Å². The minimum Gasteiger partial charge on any atom is -0.393 e. The summed E-state index contributed by atoms with van der Waals surface area (Å²) >= 11 is 0. The van der Waals surface area contributed by atoms with E-state index in [2.05, 4.69) is 6.92 Å². The zero-order valence-electron chi connectivity index (χ0n) is 15.9. The molecule has 146 valence electrons. The van der Waals surface area contributed by atoms with Crippen LogP contribution in [0.1, 0.15) is 110 Å². The van der Waals surface area contributed by atoms with E-state index in [4.69, 9.17) is 4.55 Å². The van der Waals surface area contributed by atoms with Gasteiger partial charge in [0.05, 0.1) is 11.4 Å². The lowest BCUT2D eigenvalue weighted by molar-refractivity contribution is 0.147. The minimum atomic E-state index is -4.03. The number of aliphatic hydroxyl groups excluding tert-OH is 1. The van der Waals surface area contributed by atoms with Gasteiger partial charge in [-0.05, 0) is 19.3 Å². The summed E-state index contributed by atoms with van der Waals surface area (Å²) in [4.78, 5) is 0. The Morgan fingerprint density at radius 2 is 1.17 bits per heavy atom. The van der Waals surface area contributed by atoms with Gasteiger partial charge in [0.15, 0.2) is 0 Å². The van der Waals surface area contributed by atoms with Gasteiger partial charge in [-0.2, -0.15) is 8.42 Å². The average Bonchev–Trinajstić information content (AvgIpc) is 2.52. The van der Waals surface area contributed by atoms with Crippen LogP contribution in [0.2, 0.25) is 0 Å². The summed E-state index contributed by atoms with van der Waals surface area (Å²) in [7, 11) is -4.03. The van der Waals surface area contributed by atoms with Gasteiger partial charge in [-0.3, -0.25) is 4.55 Å². The van der Waals surface area contributed by atoms with E-state index in [0.717, 1.165) is 12.8 Å². The van der Waals surface area contributed by atoms with E-state index >= 15 is 0 Å². The van der Waals surface area contributed by atoms with E-state index in [9.17, 15) is 13.5 Å². The maximum atomic E-state index is 11.1. The highest BCUT2D eigenvalue weighted by Crippen LogP contribution is 2.17. The van der Waals surface area contributed by atoms with E-state index in [1.54, 1.807) is 6.92 Å². The van der Waals surface area contributed by atoms with Crippen molar-refractivity contribution in [2.24, 2.45) is 0 Å². The zero-order chi connectivity index (χ0) is 18.3. The van der Waals surface area contributed by atoms with Crippen molar-refractivity contribution in [3.8, 4) is 0 Å². The summed E-state index contributed by atoms with van der Waals surface area (Å²) in [6.07, 6.45) is 15.8. The first-order chi connectivity index (χ1) is 11.4. The third-order valence-corrected chi connectivity index (χ3v) is 6.17. The van der Waals surface area contributed by atoms with Crippen LogP contribution in [-0.4, -0.2) is 29.4 Å². The Bertz CT molecular complexity index is 368. The Kier molecular flexibility index (Phi) is 15.1. The van der Waals surface area contributed by atoms with Gasteiger partial charge in [0.2, 0.25) is 0 Å². The molecule has 2 atom stereocenters. The molecule has 0 aromatic rings. The largest absolute Gasteiger partial charge is 0.393 e. The fourth-order valence-corrected chi connectivity index (χ4v) is 4.03.